The Balaban J connectivity index is 2.82. The molecule has 2 N–H and O–H groups in total. The molecule has 1 rings (SSSR count). The van der Waals surface area contributed by atoms with Crippen molar-refractivity contribution in [1.82, 2.24) is 5.32 Å². The Bertz CT molecular complexity index is 410. The van der Waals surface area contributed by atoms with Crippen LogP contribution in [0.25, 0.3) is 0 Å². The van der Waals surface area contributed by atoms with Gasteiger partial charge in [0.15, 0.2) is 11.5 Å². The second kappa shape index (κ2) is 9.06. The zero-order valence-electron chi connectivity index (χ0n) is 12.4. The first-order chi connectivity index (χ1) is 9.58. The summed E-state index contributed by atoms with van der Waals surface area (Å²) in [5, 5.41) is 12.6. The van der Waals surface area contributed by atoms with Crippen LogP contribution in [0.4, 0.5) is 0 Å². The first-order valence-corrected chi connectivity index (χ1v) is 7.39. The van der Waals surface area contributed by atoms with Gasteiger partial charge in [0.1, 0.15) is 0 Å². The van der Waals surface area contributed by atoms with Gasteiger partial charge in [-0.1, -0.05) is 11.6 Å². The maximum Gasteiger partial charge on any atom is 0.163 e. The van der Waals surface area contributed by atoms with E-state index in [0.29, 0.717) is 29.7 Å². The summed E-state index contributed by atoms with van der Waals surface area (Å²) >= 11 is 6.27. The monoisotopic (exact) mass is 301 g/mol. The number of halogens is 1. The fourth-order valence-corrected chi connectivity index (χ4v) is 1.97. The summed E-state index contributed by atoms with van der Waals surface area (Å²) in [6.07, 6.45) is 0.795. The van der Waals surface area contributed by atoms with Crippen molar-refractivity contribution in [2.75, 3.05) is 19.8 Å². The number of benzene rings is 1. The van der Waals surface area contributed by atoms with Crippen LogP contribution in [0.3, 0.4) is 0 Å². The maximum atomic E-state index is 8.75. The molecule has 0 unspecified atom stereocenters. The number of hydrogen-bond acceptors (Lipinski definition) is 4. The fraction of sp³-hybridized carbons (Fsp3) is 0.600. The van der Waals surface area contributed by atoms with E-state index >= 15 is 0 Å². The fourth-order valence-electron chi connectivity index (χ4n) is 1.75. The van der Waals surface area contributed by atoms with Gasteiger partial charge in [-0.25, -0.2) is 0 Å². The highest BCUT2D eigenvalue weighted by Crippen LogP contribution is 2.34. The van der Waals surface area contributed by atoms with Crippen LogP contribution in [0.2, 0.25) is 5.02 Å². The summed E-state index contributed by atoms with van der Waals surface area (Å²) in [7, 11) is 0. The van der Waals surface area contributed by atoms with Crippen LogP contribution < -0.4 is 14.8 Å². The van der Waals surface area contributed by atoms with Crippen molar-refractivity contribution in [2.24, 2.45) is 0 Å². The van der Waals surface area contributed by atoms with Crippen molar-refractivity contribution in [3.8, 4) is 11.5 Å². The minimum absolute atomic E-state index is 0.0683. The third kappa shape index (κ3) is 5.57. The molecule has 0 spiro atoms. The number of hydrogen-bond donors (Lipinski definition) is 2. The molecule has 1 aromatic rings. The first-order valence-electron chi connectivity index (χ1n) is 7.02. The summed E-state index contributed by atoms with van der Waals surface area (Å²) in [6, 6.07) is 3.71. The third-order valence-corrected chi connectivity index (χ3v) is 2.95. The molecule has 114 valence electrons. The normalized spacial score (nSPS) is 10.9. The summed E-state index contributed by atoms with van der Waals surface area (Å²) in [4.78, 5) is 0. The topological polar surface area (TPSA) is 50.7 Å². The van der Waals surface area contributed by atoms with E-state index in [-0.39, 0.29) is 12.7 Å². The minimum atomic E-state index is 0.0683. The number of aliphatic hydroxyl groups is 1. The van der Waals surface area contributed by atoms with E-state index < -0.39 is 0 Å². The van der Waals surface area contributed by atoms with Gasteiger partial charge in [-0.15, -0.1) is 0 Å². The molecule has 0 bridgehead atoms. The quantitative estimate of drug-likeness (QED) is 0.689. The lowest BCUT2D eigenvalue weighted by Gasteiger charge is -2.17. The summed E-state index contributed by atoms with van der Waals surface area (Å²) in [5.41, 5.74) is 0.962. The largest absolute Gasteiger partial charge is 0.490 e. The van der Waals surface area contributed by atoms with Crippen molar-refractivity contribution >= 4 is 11.6 Å². The Hall–Kier alpha value is -0.970. The van der Waals surface area contributed by atoms with Gasteiger partial charge in [0.2, 0.25) is 0 Å². The van der Waals surface area contributed by atoms with E-state index in [2.05, 4.69) is 5.32 Å². The molecule has 1 aromatic carbocycles. The zero-order chi connectivity index (χ0) is 15.0. The predicted molar refractivity (Wildman–Crippen MR) is 81.8 cm³/mol. The second-order valence-corrected chi connectivity index (χ2v) is 5.15. The highest BCUT2D eigenvalue weighted by Gasteiger charge is 2.12. The molecule has 0 aliphatic heterocycles. The maximum absolute atomic E-state index is 8.75. The van der Waals surface area contributed by atoms with Crippen LogP contribution in [-0.4, -0.2) is 31.0 Å². The highest BCUT2D eigenvalue weighted by atomic mass is 35.5. The Labute approximate surface area is 126 Å². The number of aliphatic hydroxyl groups excluding tert-OH is 1. The van der Waals surface area contributed by atoms with Gasteiger partial charge >= 0.3 is 0 Å². The summed E-state index contributed by atoms with van der Waals surface area (Å²) in [5.74, 6) is 1.38. The standard InChI is InChI=1S/C15H24ClNO3/c1-4-19-14-8-12(10-17-6-5-7-18)13(16)9-15(14)20-11(2)3/h8-9,11,17-18H,4-7,10H2,1-3H3. The van der Waals surface area contributed by atoms with Crippen molar-refractivity contribution < 1.29 is 14.6 Å². The lowest BCUT2D eigenvalue weighted by atomic mass is 10.2. The Morgan fingerprint density at radius 1 is 1.30 bits per heavy atom. The van der Waals surface area contributed by atoms with Crippen LogP contribution in [-0.2, 0) is 6.54 Å². The van der Waals surface area contributed by atoms with E-state index in [0.717, 1.165) is 18.5 Å². The molecule has 0 fully saturated rings. The molecular formula is C15H24ClNO3. The number of ether oxygens (including phenoxy) is 2. The van der Waals surface area contributed by atoms with E-state index in [1.165, 1.54) is 0 Å². The zero-order valence-corrected chi connectivity index (χ0v) is 13.2. The van der Waals surface area contributed by atoms with E-state index in [1.54, 1.807) is 6.07 Å². The predicted octanol–water partition coefficient (Wildman–Crippen LogP) is 3.00. The smallest absolute Gasteiger partial charge is 0.163 e. The molecule has 0 aliphatic carbocycles. The molecular weight excluding hydrogens is 278 g/mol. The molecule has 4 nitrogen and oxygen atoms in total. The van der Waals surface area contributed by atoms with Gasteiger partial charge in [-0.05, 0) is 45.4 Å². The lowest BCUT2D eigenvalue weighted by Crippen LogP contribution is -2.16. The van der Waals surface area contributed by atoms with Gasteiger partial charge < -0.3 is 19.9 Å². The average Bonchev–Trinajstić information content (AvgIpc) is 2.38. The third-order valence-electron chi connectivity index (χ3n) is 2.60. The average molecular weight is 302 g/mol. The lowest BCUT2D eigenvalue weighted by molar-refractivity contribution is 0.223. The SMILES string of the molecule is CCOc1cc(CNCCCO)c(Cl)cc1OC(C)C. The molecule has 0 amide bonds. The first kappa shape index (κ1) is 17.1. The van der Waals surface area contributed by atoms with Gasteiger partial charge in [0.25, 0.3) is 0 Å². The van der Waals surface area contributed by atoms with Crippen LogP contribution in [0, 0.1) is 0 Å². The highest BCUT2D eigenvalue weighted by molar-refractivity contribution is 6.31. The number of nitrogens with one attached hydrogen (secondary N) is 1. The molecule has 0 saturated carbocycles. The molecule has 20 heavy (non-hydrogen) atoms. The van der Waals surface area contributed by atoms with E-state index in [9.17, 15) is 0 Å². The van der Waals surface area contributed by atoms with Crippen LogP contribution >= 0.6 is 11.6 Å². The van der Waals surface area contributed by atoms with Crippen LogP contribution in [0.15, 0.2) is 12.1 Å². The molecule has 0 atom stereocenters. The Morgan fingerprint density at radius 3 is 2.65 bits per heavy atom. The molecule has 0 radical (unpaired) electrons. The molecule has 0 heterocycles. The van der Waals surface area contributed by atoms with Crippen molar-refractivity contribution in [3.05, 3.63) is 22.7 Å². The van der Waals surface area contributed by atoms with E-state index in [4.69, 9.17) is 26.2 Å². The molecule has 5 heteroatoms. The second-order valence-electron chi connectivity index (χ2n) is 4.74. The van der Waals surface area contributed by atoms with Crippen LogP contribution in [0.1, 0.15) is 32.8 Å². The minimum Gasteiger partial charge on any atom is -0.490 e. The Morgan fingerprint density at radius 2 is 2.05 bits per heavy atom. The van der Waals surface area contributed by atoms with E-state index in [1.807, 2.05) is 26.8 Å². The summed E-state index contributed by atoms with van der Waals surface area (Å²) < 4.78 is 11.3. The number of rotatable bonds is 9. The molecule has 0 aliphatic rings. The molecule has 0 aromatic heterocycles. The van der Waals surface area contributed by atoms with Crippen molar-refractivity contribution in [1.29, 1.82) is 0 Å². The molecule has 0 saturated heterocycles. The van der Waals surface area contributed by atoms with Crippen molar-refractivity contribution in [2.45, 2.75) is 39.8 Å². The van der Waals surface area contributed by atoms with Gasteiger partial charge in [-0.2, -0.15) is 0 Å². The van der Waals surface area contributed by atoms with Gasteiger partial charge in [0, 0.05) is 24.2 Å². The van der Waals surface area contributed by atoms with Gasteiger partial charge in [0.05, 0.1) is 12.7 Å². The summed E-state index contributed by atoms with van der Waals surface area (Å²) in [6.45, 7) is 8.02. The van der Waals surface area contributed by atoms with Crippen molar-refractivity contribution in [3.63, 3.8) is 0 Å². The van der Waals surface area contributed by atoms with Crippen LogP contribution in [0.5, 0.6) is 11.5 Å². The Kier molecular flexibility index (Phi) is 7.73. The van der Waals surface area contributed by atoms with Gasteiger partial charge in [-0.3, -0.25) is 0 Å².